The molecule has 0 radical (unpaired) electrons. The summed E-state index contributed by atoms with van der Waals surface area (Å²) in [5, 5.41) is 0. The molecule has 26 heavy (non-hydrogen) atoms. The van der Waals surface area contributed by atoms with Gasteiger partial charge in [0.25, 0.3) is 0 Å². The summed E-state index contributed by atoms with van der Waals surface area (Å²) < 4.78 is 37.9. The van der Waals surface area contributed by atoms with Gasteiger partial charge < -0.3 is 14.9 Å². The van der Waals surface area contributed by atoms with Gasteiger partial charge in [0.15, 0.2) is 0 Å². The Kier molecular flexibility index (Phi) is 6.57. The van der Waals surface area contributed by atoms with E-state index < -0.39 is 16.0 Å². The Hall–Kier alpha value is -2.16. The van der Waals surface area contributed by atoms with Gasteiger partial charge >= 0.3 is 5.97 Å². The minimum atomic E-state index is -3.97. The van der Waals surface area contributed by atoms with Crippen LogP contribution in [0, 0.1) is 13.8 Å². The first-order chi connectivity index (χ1) is 12.3. The van der Waals surface area contributed by atoms with Crippen LogP contribution in [0.25, 0.3) is 0 Å². The van der Waals surface area contributed by atoms with Gasteiger partial charge in [0.1, 0.15) is 22.0 Å². The van der Waals surface area contributed by atoms with Crippen molar-refractivity contribution >= 4 is 16.0 Å². The largest absolute Gasteiger partial charge is 0.465 e. The van der Waals surface area contributed by atoms with Crippen LogP contribution in [0.1, 0.15) is 27.4 Å². The van der Waals surface area contributed by atoms with Crippen LogP contribution >= 0.6 is 0 Å². The molecule has 2 N–H and O–H groups in total. The molecule has 0 saturated heterocycles. The number of carbonyl (C=O) groups excluding carboxylic acids is 1. The number of sulfonamides is 1. The molecule has 8 heteroatoms. The number of hydrogen-bond donors (Lipinski definition) is 1. The number of nitrogens with zero attached hydrogens (tertiary/aromatic N) is 1. The van der Waals surface area contributed by atoms with E-state index in [4.69, 9.17) is 14.9 Å². The zero-order valence-electron chi connectivity index (χ0n) is 15.2. The molecule has 0 saturated carbocycles. The van der Waals surface area contributed by atoms with Crippen molar-refractivity contribution in [2.24, 2.45) is 5.73 Å². The Bertz CT molecular complexity index is 859. The topological polar surface area (TPSA) is 103 Å². The highest BCUT2D eigenvalue weighted by molar-refractivity contribution is 7.89. The molecule has 0 bridgehead atoms. The van der Waals surface area contributed by atoms with Crippen molar-refractivity contribution in [3.8, 4) is 0 Å². The highest BCUT2D eigenvalue weighted by atomic mass is 32.2. The molecular weight excluding hydrogens is 356 g/mol. The molecule has 0 spiro atoms. The Morgan fingerprint density at radius 1 is 1.15 bits per heavy atom. The van der Waals surface area contributed by atoms with E-state index in [0.29, 0.717) is 6.42 Å². The second-order valence-corrected chi connectivity index (χ2v) is 7.71. The van der Waals surface area contributed by atoms with E-state index in [1.807, 2.05) is 30.3 Å². The predicted molar refractivity (Wildman–Crippen MR) is 97.5 cm³/mol. The molecule has 7 nitrogen and oxygen atoms in total. The zero-order valence-corrected chi connectivity index (χ0v) is 16.0. The number of furan rings is 1. The SMILES string of the molecule is COC(=O)c1c(C)oc(C)c1S(=O)(=O)N(CCN)CCc1ccccc1. The molecule has 1 heterocycles. The summed E-state index contributed by atoms with van der Waals surface area (Å²) in [6, 6.07) is 9.56. The van der Waals surface area contributed by atoms with Gasteiger partial charge in [-0.2, -0.15) is 4.31 Å². The molecule has 0 aliphatic rings. The lowest BCUT2D eigenvalue weighted by Gasteiger charge is -2.22. The summed E-state index contributed by atoms with van der Waals surface area (Å²) in [6.45, 7) is 3.60. The molecule has 0 fully saturated rings. The summed E-state index contributed by atoms with van der Waals surface area (Å²) in [4.78, 5) is 11.9. The molecule has 2 aromatic rings. The van der Waals surface area contributed by atoms with Crippen LogP contribution in [0.5, 0.6) is 0 Å². The quantitative estimate of drug-likeness (QED) is 0.702. The van der Waals surface area contributed by atoms with E-state index >= 15 is 0 Å². The second kappa shape index (κ2) is 8.48. The van der Waals surface area contributed by atoms with E-state index in [-0.39, 0.29) is 41.6 Å². The number of aryl methyl sites for hydroxylation is 2. The van der Waals surface area contributed by atoms with Gasteiger partial charge in [-0.1, -0.05) is 30.3 Å². The first-order valence-electron chi connectivity index (χ1n) is 8.25. The first-order valence-corrected chi connectivity index (χ1v) is 9.69. The minimum absolute atomic E-state index is 0.0632. The van der Waals surface area contributed by atoms with Crippen LogP contribution in [-0.4, -0.2) is 45.4 Å². The Morgan fingerprint density at radius 2 is 1.81 bits per heavy atom. The Morgan fingerprint density at radius 3 is 2.38 bits per heavy atom. The van der Waals surface area contributed by atoms with Crippen molar-refractivity contribution < 1.29 is 22.4 Å². The van der Waals surface area contributed by atoms with Gasteiger partial charge in [0.05, 0.1) is 7.11 Å². The lowest BCUT2D eigenvalue weighted by Crippen LogP contribution is -2.37. The third-order valence-corrected chi connectivity index (χ3v) is 6.12. The first kappa shape index (κ1) is 20.2. The summed E-state index contributed by atoms with van der Waals surface area (Å²) in [6.07, 6.45) is 0.531. The predicted octanol–water partition coefficient (Wildman–Crippen LogP) is 1.88. The van der Waals surface area contributed by atoms with E-state index in [0.717, 1.165) is 5.56 Å². The molecule has 0 aliphatic carbocycles. The van der Waals surface area contributed by atoms with Crippen molar-refractivity contribution in [3.63, 3.8) is 0 Å². The average molecular weight is 380 g/mol. The Labute approximate surface area is 153 Å². The molecular formula is C18H24N2O5S. The van der Waals surface area contributed by atoms with Crippen molar-refractivity contribution in [2.75, 3.05) is 26.7 Å². The van der Waals surface area contributed by atoms with Crippen LogP contribution in [0.3, 0.4) is 0 Å². The Balaban J connectivity index is 2.40. The fourth-order valence-electron chi connectivity index (χ4n) is 2.84. The lowest BCUT2D eigenvalue weighted by atomic mass is 10.1. The van der Waals surface area contributed by atoms with Crippen molar-refractivity contribution in [3.05, 3.63) is 53.0 Å². The van der Waals surface area contributed by atoms with Gasteiger partial charge in [-0.05, 0) is 25.8 Å². The lowest BCUT2D eigenvalue weighted by molar-refractivity contribution is 0.0594. The number of rotatable bonds is 8. The fraction of sp³-hybridized carbons (Fsp3) is 0.389. The molecule has 0 amide bonds. The average Bonchev–Trinajstić information content (AvgIpc) is 2.93. The van der Waals surface area contributed by atoms with Gasteiger partial charge in [-0.15, -0.1) is 0 Å². The monoisotopic (exact) mass is 380 g/mol. The second-order valence-electron chi connectivity index (χ2n) is 5.84. The summed E-state index contributed by atoms with van der Waals surface area (Å²) >= 11 is 0. The minimum Gasteiger partial charge on any atom is -0.465 e. The summed E-state index contributed by atoms with van der Waals surface area (Å²) in [5.74, 6) is -0.373. The maximum Gasteiger partial charge on any atom is 0.342 e. The normalized spacial score (nSPS) is 11.7. The summed E-state index contributed by atoms with van der Waals surface area (Å²) in [5.41, 5.74) is 6.57. The van der Waals surface area contributed by atoms with E-state index in [9.17, 15) is 13.2 Å². The van der Waals surface area contributed by atoms with Gasteiger partial charge in [-0.3, -0.25) is 0 Å². The molecule has 1 aromatic carbocycles. The van der Waals surface area contributed by atoms with Crippen LogP contribution in [0.15, 0.2) is 39.6 Å². The van der Waals surface area contributed by atoms with Crippen LogP contribution in [-0.2, 0) is 21.2 Å². The zero-order chi connectivity index (χ0) is 19.3. The molecule has 0 unspecified atom stereocenters. The van der Waals surface area contributed by atoms with Gasteiger partial charge in [-0.25, -0.2) is 13.2 Å². The van der Waals surface area contributed by atoms with Crippen molar-refractivity contribution in [1.82, 2.24) is 4.31 Å². The van der Waals surface area contributed by atoms with Crippen molar-refractivity contribution in [1.29, 1.82) is 0 Å². The number of ether oxygens (including phenoxy) is 1. The third-order valence-electron chi connectivity index (χ3n) is 4.06. The number of hydrogen-bond acceptors (Lipinski definition) is 6. The van der Waals surface area contributed by atoms with Crippen molar-refractivity contribution in [2.45, 2.75) is 25.2 Å². The number of carbonyl (C=O) groups is 1. The molecule has 0 aliphatic heterocycles. The van der Waals surface area contributed by atoms with E-state index in [2.05, 4.69) is 0 Å². The van der Waals surface area contributed by atoms with E-state index in [1.54, 1.807) is 0 Å². The highest BCUT2D eigenvalue weighted by Crippen LogP contribution is 2.30. The fourth-order valence-corrected chi connectivity index (χ4v) is 4.66. The molecule has 1 aromatic heterocycles. The third kappa shape index (κ3) is 4.14. The number of methoxy groups -OCH3 is 1. The highest BCUT2D eigenvalue weighted by Gasteiger charge is 2.35. The number of nitrogens with two attached hydrogens (primary N) is 1. The van der Waals surface area contributed by atoms with Crippen LogP contribution < -0.4 is 5.73 Å². The molecule has 142 valence electrons. The van der Waals surface area contributed by atoms with Crippen LogP contribution in [0.2, 0.25) is 0 Å². The number of benzene rings is 1. The molecule has 2 rings (SSSR count). The van der Waals surface area contributed by atoms with E-state index in [1.165, 1.54) is 25.3 Å². The molecule has 0 atom stereocenters. The maximum absolute atomic E-state index is 13.2. The maximum atomic E-state index is 13.2. The van der Waals surface area contributed by atoms with Gasteiger partial charge in [0, 0.05) is 19.6 Å². The van der Waals surface area contributed by atoms with Gasteiger partial charge in [0.2, 0.25) is 10.0 Å². The van der Waals surface area contributed by atoms with Crippen LogP contribution in [0.4, 0.5) is 0 Å². The summed E-state index contributed by atoms with van der Waals surface area (Å²) in [7, 11) is -2.77. The number of esters is 1. The smallest absolute Gasteiger partial charge is 0.342 e. The standard InChI is InChI=1S/C18H24N2O5S/c1-13-16(18(21)24-3)17(14(2)25-13)26(22,23)20(12-10-19)11-9-15-7-5-4-6-8-15/h4-8H,9-12,19H2,1-3H3.